The van der Waals surface area contributed by atoms with E-state index < -0.39 is 0 Å². The minimum absolute atomic E-state index is 0.0393. The summed E-state index contributed by atoms with van der Waals surface area (Å²) in [4.78, 5) is 19.2. The molecular formula is C16H22N4O2. The molecule has 6 nitrogen and oxygen atoms in total. The van der Waals surface area contributed by atoms with Crippen LogP contribution >= 0.6 is 0 Å². The standard InChI is InChI=1S/C16H22N4O2/c1-4-14-17-15(22-18-14)12-7-5-10-20(12)16(21)13-8-6-9-19(13)11(2)3/h6,8-9,11-12H,4-5,7,10H2,1-3H3/t12-/m0/s1. The van der Waals surface area contributed by atoms with Crippen LogP contribution in [0.2, 0.25) is 0 Å². The Morgan fingerprint density at radius 1 is 1.50 bits per heavy atom. The van der Waals surface area contributed by atoms with Gasteiger partial charge in [0.2, 0.25) is 5.89 Å². The molecule has 0 N–H and O–H groups in total. The molecule has 6 heteroatoms. The predicted octanol–water partition coefficient (Wildman–Crippen LogP) is 2.99. The molecular weight excluding hydrogens is 280 g/mol. The van der Waals surface area contributed by atoms with E-state index in [0.717, 1.165) is 31.5 Å². The molecule has 1 atom stereocenters. The summed E-state index contributed by atoms with van der Waals surface area (Å²) in [7, 11) is 0. The fourth-order valence-electron chi connectivity index (χ4n) is 2.99. The summed E-state index contributed by atoms with van der Waals surface area (Å²) >= 11 is 0. The van der Waals surface area contributed by atoms with Gasteiger partial charge in [0.15, 0.2) is 5.82 Å². The van der Waals surface area contributed by atoms with E-state index in [0.29, 0.717) is 11.7 Å². The van der Waals surface area contributed by atoms with E-state index in [2.05, 4.69) is 24.0 Å². The van der Waals surface area contributed by atoms with Gasteiger partial charge in [-0.05, 0) is 38.8 Å². The van der Waals surface area contributed by atoms with Gasteiger partial charge in [-0.25, -0.2) is 0 Å². The Balaban J connectivity index is 1.86. The molecule has 0 aromatic carbocycles. The van der Waals surface area contributed by atoms with Crippen molar-refractivity contribution in [3.8, 4) is 0 Å². The number of rotatable bonds is 4. The maximum absolute atomic E-state index is 12.9. The first-order chi connectivity index (χ1) is 10.6. The summed E-state index contributed by atoms with van der Waals surface area (Å²) in [6.07, 6.45) is 4.52. The van der Waals surface area contributed by atoms with Crippen LogP contribution in [-0.4, -0.2) is 32.1 Å². The molecule has 0 radical (unpaired) electrons. The second kappa shape index (κ2) is 5.94. The third kappa shape index (κ3) is 2.53. The molecule has 1 fully saturated rings. The van der Waals surface area contributed by atoms with Crippen LogP contribution in [-0.2, 0) is 6.42 Å². The van der Waals surface area contributed by atoms with Crippen molar-refractivity contribution in [1.29, 1.82) is 0 Å². The van der Waals surface area contributed by atoms with Gasteiger partial charge in [0.25, 0.3) is 5.91 Å². The maximum atomic E-state index is 12.9. The monoisotopic (exact) mass is 302 g/mol. The summed E-state index contributed by atoms with van der Waals surface area (Å²) < 4.78 is 7.36. The molecule has 0 spiro atoms. The number of carbonyl (C=O) groups is 1. The lowest BCUT2D eigenvalue weighted by Crippen LogP contribution is -2.32. The number of hydrogen-bond donors (Lipinski definition) is 0. The SMILES string of the molecule is CCc1noc([C@@H]2CCCN2C(=O)c2cccn2C(C)C)n1. The number of aryl methyl sites for hydroxylation is 1. The normalized spacial score (nSPS) is 18.4. The van der Waals surface area contributed by atoms with Crippen LogP contribution in [0.3, 0.4) is 0 Å². The van der Waals surface area contributed by atoms with E-state index >= 15 is 0 Å². The first kappa shape index (κ1) is 14.8. The van der Waals surface area contributed by atoms with E-state index in [9.17, 15) is 4.79 Å². The molecule has 22 heavy (non-hydrogen) atoms. The zero-order valence-corrected chi connectivity index (χ0v) is 13.3. The van der Waals surface area contributed by atoms with Crippen LogP contribution in [0, 0.1) is 0 Å². The zero-order valence-electron chi connectivity index (χ0n) is 13.3. The minimum Gasteiger partial charge on any atom is -0.341 e. The van der Waals surface area contributed by atoms with E-state index in [1.165, 1.54) is 0 Å². The largest absolute Gasteiger partial charge is 0.341 e. The van der Waals surface area contributed by atoms with Crippen molar-refractivity contribution in [2.24, 2.45) is 0 Å². The lowest BCUT2D eigenvalue weighted by Gasteiger charge is -2.23. The molecule has 1 amide bonds. The number of amides is 1. The third-order valence-electron chi connectivity index (χ3n) is 4.15. The highest BCUT2D eigenvalue weighted by atomic mass is 16.5. The number of hydrogen-bond acceptors (Lipinski definition) is 4. The van der Waals surface area contributed by atoms with E-state index in [-0.39, 0.29) is 18.0 Å². The highest BCUT2D eigenvalue weighted by Gasteiger charge is 2.35. The fourth-order valence-corrected chi connectivity index (χ4v) is 2.99. The Labute approximate surface area is 130 Å². The average Bonchev–Trinajstić information content (AvgIpc) is 3.23. The number of carbonyl (C=O) groups excluding carboxylic acids is 1. The van der Waals surface area contributed by atoms with Gasteiger partial charge in [-0.15, -0.1) is 0 Å². The lowest BCUT2D eigenvalue weighted by atomic mass is 10.2. The van der Waals surface area contributed by atoms with Crippen LogP contribution in [0.5, 0.6) is 0 Å². The Kier molecular flexibility index (Phi) is 4.00. The molecule has 2 aromatic rings. The van der Waals surface area contributed by atoms with E-state index in [1.54, 1.807) is 0 Å². The highest BCUT2D eigenvalue weighted by Crippen LogP contribution is 2.32. The van der Waals surface area contributed by atoms with Gasteiger partial charge in [-0.3, -0.25) is 4.79 Å². The molecule has 0 unspecified atom stereocenters. The van der Waals surface area contributed by atoms with Gasteiger partial charge in [0, 0.05) is 25.2 Å². The molecule has 1 aliphatic heterocycles. The topological polar surface area (TPSA) is 64.2 Å². The molecule has 3 heterocycles. The van der Waals surface area contributed by atoms with Crippen LogP contribution in [0.4, 0.5) is 0 Å². The first-order valence-corrected chi connectivity index (χ1v) is 7.92. The number of nitrogens with zero attached hydrogens (tertiary/aromatic N) is 4. The molecule has 0 saturated carbocycles. The first-order valence-electron chi connectivity index (χ1n) is 7.92. The summed E-state index contributed by atoms with van der Waals surface area (Å²) in [6, 6.07) is 3.95. The van der Waals surface area contributed by atoms with Crippen molar-refractivity contribution in [3.63, 3.8) is 0 Å². The molecule has 1 saturated heterocycles. The van der Waals surface area contributed by atoms with Crippen molar-refractivity contribution in [2.45, 2.75) is 52.1 Å². The second-order valence-electron chi connectivity index (χ2n) is 5.95. The molecule has 3 rings (SSSR count). The van der Waals surface area contributed by atoms with E-state index in [4.69, 9.17) is 4.52 Å². The molecule has 0 bridgehead atoms. The number of likely N-dealkylation sites (tertiary alicyclic amines) is 1. The molecule has 2 aromatic heterocycles. The third-order valence-corrected chi connectivity index (χ3v) is 4.15. The predicted molar refractivity (Wildman–Crippen MR) is 81.5 cm³/mol. The van der Waals surface area contributed by atoms with Gasteiger partial charge in [0.1, 0.15) is 11.7 Å². The van der Waals surface area contributed by atoms with Gasteiger partial charge < -0.3 is 14.0 Å². The van der Waals surface area contributed by atoms with Gasteiger partial charge in [0.05, 0.1) is 0 Å². The molecule has 118 valence electrons. The van der Waals surface area contributed by atoms with Crippen LogP contribution in [0.1, 0.15) is 67.9 Å². The lowest BCUT2D eigenvalue weighted by molar-refractivity contribution is 0.0697. The summed E-state index contributed by atoms with van der Waals surface area (Å²) in [6.45, 7) is 6.87. The Hall–Kier alpha value is -2.11. The summed E-state index contributed by atoms with van der Waals surface area (Å²) in [5, 5.41) is 3.95. The van der Waals surface area contributed by atoms with Gasteiger partial charge in [-0.2, -0.15) is 4.98 Å². The Morgan fingerprint density at radius 3 is 3.00 bits per heavy atom. The Bertz CT molecular complexity index is 659. The summed E-state index contributed by atoms with van der Waals surface area (Å²) in [5.74, 6) is 1.29. The zero-order chi connectivity index (χ0) is 15.7. The number of aromatic nitrogens is 3. The smallest absolute Gasteiger partial charge is 0.271 e. The van der Waals surface area contributed by atoms with Crippen molar-refractivity contribution < 1.29 is 9.32 Å². The fraction of sp³-hybridized carbons (Fsp3) is 0.562. The van der Waals surface area contributed by atoms with Crippen molar-refractivity contribution >= 4 is 5.91 Å². The molecule has 0 aliphatic carbocycles. The average molecular weight is 302 g/mol. The summed E-state index contributed by atoms with van der Waals surface area (Å²) in [5.41, 5.74) is 0.720. The Morgan fingerprint density at radius 2 is 2.32 bits per heavy atom. The van der Waals surface area contributed by atoms with Crippen molar-refractivity contribution in [2.75, 3.05) is 6.54 Å². The van der Waals surface area contributed by atoms with Crippen LogP contribution in [0.25, 0.3) is 0 Å². The van der Waals surface area contributed by atoms with Gasteiger partial charge >= 0.3 is 0 Å². The molecule has 1 aliphatic rings. The quantitative estimate of drug-likeness (QED) is 0.871. The van der Waals surface area contributed by atoms with E-state index in [1.807, 2.05) is 34.7 Å². The van der Waals surface area contributed by atoms with Gasteiger partial charge in [-0.1, -0.05) is 12.1 Å². The van der Waals surface area contributed by atoms with Crippen LogP contribution in [0.15, 0.2) is 22.9 Å². The maximum Gasteiger partial charge on any atom is 0.271 e. The van der Waals surface area contributed by atoms with Crippen LogP contribution < -0.4 is 0 Å². The highest BCUT2D eigenvalue weighted by molar-refractivity contribution is 5.93. The second-order valence-corrected chi connectivity index (χ2v) is 5.95. The van der Waals surface area contributed by atoms with Crippen molar-refractivity contribution in [3.05, 3.63) is 35.7 Å². The minimum atomic E-state index is -0.101. The van der Waals surface area contributed by atoms with Crippen molar-refractivity contribution in [1.82, 2.24) is 19.6 Å².